The average molecular weight is 468 g/mol. The molecule has 4 rings (SSSR count). The highest BCUT2D eigenvalue weighted by Crippen LogP contribution is 2.30. The predicted molar refractivity (Wildman–Crippen MR) is 111 cm³/mol. The van der Waals surface area contributed by atoms with E-state index in [0.29, 0.717) is 11.3 Å². The van der Waals surface area contributed by atoms with Gasteiger partial charge in [-0.25, -0.2) is 4.79 Å². The van der Waals surface area contributed by atoms with E-state index in [9.17, 15) is 30.3 Å². The van der Waals surface area contributed by atoms with Gasteiger partial charge in [0.05, 0.1) is 25.4 Å². The number of aryl methyl sites for hydroxylation is 1. The summed E-state index contributed by atoms with van der Waals surface area (Å²) < 4.78 is 28.0. The van der Waals surface area contributed by atoms with Gasteiger partial charge in [-0.3, -0.25) is 0 Å². The molecule has 2 aromatic rings. The van der Waals surface area contributed by atoms with Crippen molar-refractivity contribution in [3.8, 4) is 5.75 Å². The maximum atomic E-state index is 11.6. The molecular weight excluding hydrogens is 440 g/mol. The van der Waals surface area contributed by atoms with Crippen LogP contribution in [0.3, 0.4) is 0 Å². The van der Waals surface area contributed by atoms with Crippen LogP contribution in [0.15, 0.2) is 33.5 Å². The minimum absolute atomic E-state index is 0.00169. The number of aliphatic hydroxyl groups excluding tert-OH is 5. The van der Waals surface area contributed by atoms with Crippen molar-refractivity contribution in [2.45, 2.75) is 69.0 Å². The van der Waals surface area contributed by atoms with Gasteiger partial charge in [-0.2, -0.15) is 0 Å². The van der Waals surface area contributed by atoms with Gasteiger partial charge < -0.3 is 48.9 Å². The first-order chi connectivity index (χ1) is 15.8. The zero-order chi connectivity index (χ0) is 23.7. The smallest absolute Gasteiger partial charge is 0.336 e. The van der Waals surface area contributed by atoms with Crippen molar-refractivity contribution < 1.29 is 48.9 Å². The van der Waals surface area contributed by atoms with E-state index >= 15 is 0 Å². The van der Waals surface area contributed by atoms with Crippen LogP contribution in [-0.2, 0) is 14.2 Å². The first kappa shape index (κ1) is 24.0. The zero-order valence-corrected chi connectivity index (χ0v) is 17.9. The Labute approximate surface area is 188 Å². The number of ether oxygens (including phenoxy) is 4. The quantitative estimate of drug-likeness (QED) is 0.335. The molecule has 0 saturated carbocycles. The summed E-state index contributed by atoms with van der Waals surface area (Å²) in [4.78, 5) is 11.6. The Morgan fingerprint density at radius 2 is 1.67 bits per heavy atom. The maximum Gasteiger partial charge on any atom is 0.336 e. The lowest BCUT2D eigenvalue weighted by Gasteiger charge is -2.42. The molecule has 1 aromatic heterocycles. The van der Waals surface area contributed by atoms with Crippen molar-refractivity contribution in [2.24, 2.45) is 0 Å². The van der Waals surface area contributed by atoms with E-state index in [4.69, 9.17) is 23.4 Å². The van der Waals surface area contributed by atoms with Crippen LogP contribution < -0.4 is 10.4 Å². The van der Waals surface area contributed by atoms with Gasteiger partial charge in [0.15, 0.2) is 6.29 Å². The normalized spacial score (nSPS) is 35.0. The van der Waals surface area contributed by atoms with E-state index in [1.54, 1.807) is 25.1 Å². The summed E-state index contributed by atoms with van der Waals surface area (Å²) >= 11 is 0. The first-order valence-electron chi connectivity index (χ1n) is 10.7. The maximum absolute atomic E-state index is 11.6. The van der Waals surface area contributed by atoms with Crippen LogP contribution in [0.4, 0.5) is 0 Å². The second-order valence-corrected chi connectivity index (χ2v) is 8.29. The second kappa shape index (κ2) is 10.0. The van der Waals surface area contributed by atoms with Crippen molar-refractivity contribution in [3.05, 3.63) is 40.2 Å². The molecule has 5 N–H and O–H groups in total. The molecule has 0 aliphatic carbocycles. The molecule has 1 aromatic carbocycles. The molecule has 0 radical (unpaired) electrons. The number of fused-ring (bicyclic) bond motifs is 1. The highest BCUT2D eigenvalue weighted by Gasteiger charge is 2.44. The van der Waals surface area contributed by atoms with Gasteiger partial charge in [-0.1, -0.05) is 0 Å². The topological polar surface area (TPSA) is 168 Å². The van der Waals surface area contributed by atoms with E-state index in [2.05, 4.69) is 0 Å². The predicted octanol–water partition coefficient (Wildman–Crippen LogP) is -0.837. The van der Waals surface area contributed by atoms with Gasteiger partial charge in [0.1, 0.15) is 35.7 Å². The zero-order valence-electron chi connectivity index (χ0n) is 17.9. The summed E-state index contributed by atoms with van der Waals surface area (Å²) in [5, 5.41) is 50.3. The molecule has 2 fully saturated rings. The number of benzene rings is 1. The van der Waals surface area contributed by atoms with Gasteiger partial charge in [0.25, 0.3) is 0 Å². The Bertz CT molecular complexity index is 1010. The summed E-state index contributed by atoms with van der Waals surface area (Å²) in [5.74, 6) is 0.350. The van der Waals surface area contributed by atoms with Gasteiger partial charge >= 0.3 is 5.63 Å². The van der Waals surface area contributed by atoms with E-state index in [1.807, 2.05) is 0 Å². The Hall–Kier alpha value is -2.09. The van der Waals surface area contributed by atoms with Crippen molar-refractivity contribution in [1.82, 2.24) is 0 Å². The highest BCUT2D eigenvalue weighted by atomic mass is 16.7. The fourth-order valence-electron chi connectivity index (χ4n) is 4.17. The SMILES string of the molecule is Cc1cc(=O)oc2cc(OC3CC(O)C(OC4CC(O)C(O)C(CO)O4)C(CO)O3)ccc12. The number of hydrogen-bond donors (Lipinski definition) is 5. The third-order valence-corrected chi connectivity index (χ3v) is 5.90. The van der Waals surface area contributed by atoms with Gasteiger partial charge in [0.2, 0.25) is 6.29 Å². The Balaban J connectivity index is 1.43. The molecule has 2 saturated heterocycles. The molecule has 3 heterocycles. The van der Waals surface area contributed by atoms with Crippen LogP contribution in [0, 0.1) is 6.92 Å². The highest BCUT2D eigenvalue weighted by molar-refractivity contribution is 5.81. The average Bonchev–Trinajstić information content (AvgIpc) is 2.77. The summed E-state index contributed by atoms with van der Waals surface area (Å²) in [6, 6.07) is 6.37. The number of rotatable bonds is 6. The standard InChI is InChI=1S/C22H28O11/c1-10-4-18(27)30-15-5-11(2-3-12(10)15)29-19-7-14(26)22(17(9-24)32-19)33-20-6-13(25)21(28)16(8-23)31-20/h2-5,13-14,16-17,19-26,28H,6-9H2,1H3. The van der Waals surface area contributed by atoms with Crippen LogP contribution in [0.2, 0.25) is 0 Å². The summed E-state index contributed by atoms with van der Waals surface area (Å²) in [6.45, 7) is 0.784. The summed E-state index contributed by atoms with van der Waals surface area (Å²) in [6.07, 6.45) is -8.59. The second-order valence-electron chi connectivity index (χ2n) is 8.29. The van der Waals surface area contributed by atoms with Gasteiger partial charge in [0, 0.05) is 30.4 Å². The van der Waals surface area contributed by atoms with E-state index in [1.165, 1.54) is 6.07 Å². The summed E-state index contributed by atoms with van der Waals surface area (Å²) in [5.41, 5.74) is 0.638. The molecular formula is C22H28O11. The molecule has 2 aliphatic rings. The van der Waals surface area contributed by atoms with Crippen LogP contribution in [0.5, 0.6) is 5.75 Å². The Morgan fingerprint density at radius 1 is 0.970 bits per heavy atom. The molecule has 33 heavy (non-hydrogen) atoms. The minimum atomic E-state index is -1.26. The third kappa shape index (κ3) is 5.20. The molecule has 8 unspecified atom stereocenters. The first-order valence-corrected chi connectivity index (χ1v) is 10.7. The molecule has 2 aliphatic heterocycles. The lowest BCUT2D eigenvalue weighted by Crippen LogP contribution is -2.56. The molecule has 182 valence electrons. The van der Waals surface area contributed by atoms with Crippen molar-refractivity contribution >= 4 is 11.0 Å². The molecule has 0 amide bonds. The fourth-order valence-corrected chi connectivity index (χ4v) is 4.17. The van der Waals surface area contributed by atoms with Crippen molar-refractivity contribution in [3.63, 3.8) is 0 Å². The van der Waals surface area contributed by atoms with E-state index in [-0.39, 0.29) is 12.8 Å². The molecule has 8 atom stereocenters. The van der Waals surface area contributed by atoms with Crippen LogP contribution in [0.25, 0.3) is 11.0 Å². The largest absolute Gasteiger partial charge is 0.465 e. The summed E-state index contributed by atoms with van der Waals surface area (Å²) in [7, 11) is 0. The lowest BCUT2D eigenvalue weighted by molar-refractivity contribution is -0.313. The van der Waals surface area contributed by atoms with E-state index in [0.717, 1.165) is 10.9 Å². The Kier molecular flexibility index (Phi) is 7.31. The van der Waals surface area contributed by atoms with Crippen LogP contribution in [0.1, 0.15) is 18.4 Å². The van der Waals surface area contributed by atoms with Crippen molar-refractivity contribution in [2.75, 3.05) is 13.2 Å². The number of aliphatic hydroxyl groups is 5. The minimum Gasteiger partial charge on any atom is -0.465 e. The van der Waals surface area contributed by atoms with Crippen LogP contribution >= 0.6 is 0 Å². The van der Waals surface area contributed by atoms with Gasteiger partial charge in [-0.15, -0.1) is 0 Å². The third-order valence-electron chi connectivity index (χ3n) is 5.90. The number of hydrogen-bond acceptors (Lipinski definition) is 11. The van der Waals surface area contributed by atoms with E-state index < -0.39 is 68.0 Å². The monoisotopic (exact) mass is 468 g/mol. The lowest BCUT2D eigenvalue weighted by atomic mass is 9.99. The molecule has 0 spiro atoms. The van der Waals surface area contributed by atoms with Crippen molar-refractivity contribution in [1.29, 1.82) is 0 Å². The molecule has 11 heteroatoms. The molecule has 11 nitrogen and oxygen atoms in total. The fraction of sp³-hybridized carbons (Fsp3) is 0.591. The Morgan fingerprint density at radius 3 is 2.39 bits per heavy atom. The van der Waals surface area contributed by atoms with Gasteiger partial charge in [-0.05, 0) is 24.6 Å². The molecule has 0 bridgehead atoms. The van der Waals surface area contributed by atoms with Crippen LogP contribution in [-0.4, -0.2) is 88.0 Å².